The molecule has 0 saturated heterocycles. The third-order valence-corrected chi connectivity index (χ3v) is 1.88. The van der Waals surface area contributed by atoms with E-state index in [1.807, 2.05) is 0 Å². The van der Waals surface area contributed by atoms with E-state index in [0.717, 1.165) is 0 Å². The van der Waals surface area contributed by atoms with Crippen LogP contribution in [0.1, 0.15) is 19.3 Å². The van der Waals surface area contributed by atoms with Crippen LogP contribution in [0.3, 0.4) is 0 Å². The first-order valence-corrected chi connectivity index (χ1v) is 3.51. The van der Waals surface area contributed by atoms with Crippen molar-refractivity contribution in [3.05, 3.63) is 0 Å². The second kappa shape index (κ2) is 3.21. The molecule has 1 aliphatic carbocycles. The molecule has 1 N–H and O–H groups in total. The fourth-order valence-corrected chi connectivity index (χ4v) is 0.973. The Labute approximate surface area is 60.0 Å². The van der Waals surface area contributed by atoms with Gasteiger partial charge in [0, 0.05) is 6.54 Å². The molecule has 0 atom stereocenters. The monoisotopic (exact) mass is 138 g/mol. The molecule has 0 radical (unpaired) electrons. The van der Waals surface area contributed by atoms with Gasteiger partial charge in [0.25, 0.3) is 0 Å². The number of rotatable bonds is 2. The van der Waals surface area contributed by atoms with Gasteiger partial charge in [-0.05, 0) is 18.8 Å². The smallest absolute Gasteiger partial charge is 0.322 e. The number of carbonyl (C=O) groups excluding carboxylic acids is 1. The van der Waals surface area contributed by atoms with E-state index in [9.17, 15) is 4.79 Å². The summed E-state index contributed by atoms with van der Waals surface area (Å²) in [5, 5.41) is 10.6. The lowest BCUT2D eigenvalue weighted by molar-refractivity contribution is -0.116. The zero-order valence-corrected chi connectivity index (χ0v) is 5.76. The second-order valence-corrected chi connectivity index (χ2v) is 2.62. The van der Waals surface area contributed by atoms with Crippen LogP contribution < -0.4 is 5.32 Å². The lowest BCUT2D eigenvalue weighted by Crippen LogP contribution is -2.31. The van der Waals surface area contributed by atoms with Crippen LogP contribution >= 0.6 is 0 Å². The number of carbonyl (C=O) groups is 1. The summed E-state index contributed by atoms with van der Waals surface area (Å²) in [5.41, 5.74) is 0. The molecule has 1 fully saturated rings. The van der Waals surface area contributed by atoms with Crippen molar-refractivity contribution in [3.8, 4) is 6.07 Å². The highest BCUT2D eigenvalue weighted by Gasteiger charge is 2.17. The molecule has 0 aromatic carbocycles. The predicted octanol–water partition coefficient (Wildman–Crippen LogP) is 0.426. The standard InChI is InChI=1S/C7H10N2O/c8-4-7(10)9-5-6-2-1-3-6/h6H,1-3,5H2,(H,9,10). The van der Waals surface area contributed by atoms with Crippen LogP contribution in [0.5, 0.6) is 0 Å². The SMILES string of the molecule is N#CC(=O)NCC1CCC1. The Morgan fingerprint density at radius 2 is 2.40 bits per heavy atom. The first-order valence-electron chi connectivity index (χ1n) is 3.51. The quantitative estimate of drug-likeness (QED) is 0.562. The molecule has 0 spiro atoms. The van der Waals surface area contributed by atoms with E-state index in [-0.39, 0.29) is 0 Å². The van der Waals surface area contributed by atoms with Crippen LogP contribution in [0.4, 0.5) is 0 Å². The maximum absolute atomic E-state index is 10.4. The number of hydrogen-bond donors (Lipinski definition) is 1. The Morgan fingerprint density at radius 3 is 2.80 bits per heavy atom. The Kier molecular flexibility index (Phi) is 2.27. The van der Waals surface area contributed by atoms with E-state index in [4.69, 9.17) is 5.26 Å². The van der Waals surface area contributed by atoms with Gasteiger partial charge in [-0.25, -0.2) is 0 Å². The number of nitrogens with zero attached hydrogens (tertiary/aromatic N) is 1. The maximum Gasteiger partial charge on any atom is 0.322 e. The number of amides is 1. The van der Waals surface area contributed by atoms with Gasteiger partial charge in [-0.1, -0.05) is 6.42 Å². The first-order chi connectivity index (χ1) is 4.83. The molecule has 0 aromatic heterocycles. The van der Waals surface area contributed by atoms with E-state index >= 15 is 0 Å². The van der Waals surface area contributed by atoms with Crippen molar-refractivity contribution in [1.29, 1.82) is 5.26 Å². The fraction of sp³-hybridized carbons (Fsp3) is 0.714. The Balaban J connectivity index is 2.05. The van der Waals surface area contributed by atoms with Crippen LogP contribution in [-0.4, -0.2) is 12.5 Å². The van der Waals surface area contributed by atoms with Gasteiger partial charge in [-0.3, -0.25) is 4.79 Å². The summed E-state index contributed by atoms with van der Waals surface area (Å²) in [4.78, 5) is 10.4. The predicted molar refractivity (Wildman–Crippen MR) is 36.0 cm³/mol. The van der Waals surface area contributed by atoms with Crippen LogP contribution in [0.2, 0.25) is 0 Å². The van der Waals surface area contributed by atoms with E-state index in [0.29, 0.717) is 12.5 Å². The molecular formula is C7H10N2O. The summed E-state index contributed by atoms with van der Waals surface area (Å²) in [5.74, 6) is 0.129. The fourth-order valence-electron chi connectivity index (χ4n) is 0.973. The molecule has 1 saturated carbocycles. The number of nitriles is 1. The van der Waals surface area contributed by atoms with Gasteiger partial charge < -0.3 is 5.32 Å². The van der Waals surface area contributed by atoms with Gasteiger partial charge in [-0.2, -0.15) is 5.26 Å². The summed E-state index contributed by atoms with van der Waals surface area (Å²) >= 11 is 0. The molecular weight excluding hydrogens is 128 g/mol. The lowest BCUT2D eigenvalue weighted by Gasteiger charge is -2.24. The minimum atomic E-state index is -0.507. The zero-order valence-electron chi connectivity index (χ0n) is 5.76. The van der Waals surface area contributed by atoms with E-state index in [1.54, 1.807) is 0 Å². The average Bonchev–Trinajstić information content (AvgIpc) is 1.84. The summed E-state index contributed by atoms with van der Waals surface area (Å²) in [6, 6.07) is 1.52. The maximum atomic E-state index is 10.4. The molecule has 0 unspecified atom stereocenters. The van der Waals surface area contributed by atoms with E-state index < -0.39 is 5.91 Å². The highest BCUT2D eigenvalue weighted by Crippen LogP contribution is 2.24. The van der Waals surface area contributed by atoms with Gasteiger partial charge in [0.05, 0.1) is 0 Å². The second-order valence-electron chi connectivity index (χ2n) is 2.62. The van der Waals surface area contributed by atoms with Crippen LogP contribution in [0.25, 0.3) is 0 Å². The van der Waals surface area contributed by atoms with Crippen molar-refractivity contribution < 1.29 is 4.79 Å². The number of hydrogen-bond acceptors (Lipinski definition) is 2. The van der Waals surface area contributed by atoms with E-state index in [2.05, 4.69) is 5.32 Å². The molecule has 10 heavy (non-hydrogen) atoms. The summed E-state index contributed by atoms with van der Waals surface area (Å²) in [7, 11) is 0. The van der Waals surface area contributed by atoms with Gasteiger partial charge in [-0.15, -0.1) is 0 Å². The van der Waals surface area contributed by atoms with Gasteiger partial charge >= 0.3 is 5.91 Å². The highest BCUT2D eigenvalue weighted by atomic mass is 16.1. The molecule has 1 amide bonds. The minimum absolute atomic E-state index is 0.507. The molecule has 0 aliphatic heterocycles. The van der Waals surface area contributed by atoms with Crippen molar-refractivity contribution in [2.75, 3.05) is 6.54 Å². The Morgan fingerprint density at radius 1 is 1.70 bits per heavy atom. The number of nitrogens with one attached hydrogen (secondary N) is 1. The Bertz CT molecular complexity index is 167. The summed E-state index contributed by atoms with van der Waals surface area (Å²) in [6.45, 7) is 0.687. The van der Waals surface area contributed by atoms with Crippen LogP contribution in [0, 0.1) is 17.2 Å². The van der Waals surface area contributed by atoms with Crippen molar-refractivity contribution in [2.24, 2.45) is 5.92 Å². The zero-order chi connectivity index (χ0) is 7.40. The molecule has 3 heteroatoms. The molecule has 0 bridgehead atoms. The lowest BCUT2D eigenvalue weighted by atomic mass is 9.85. The van der Waals surface area contributed by atoms with Gasteiger partial charge in [0.1, 0.15) is 0 Å². The van der Waals surface area contributed by atoms with Crippen LogP contribution in [0.15, 0.2) is 0 Å². The molecule has 1 rings (SSSR count). The molecule has 54 valence electrons. The molecule has 0 aromatic rings. The van der Waals surface area contributed by atoms with Crippen molar-refractivity contribution >= 4 is 5.91 Å². The largest absolute Gasteiger partial charge is 0.343 e. The minimum Gasteiger partial charge on any atom is -0.343 e. The van der Waals surface area contributed by atoms with Gasteiger partial charge in [0.2, 0.25) is 0 Å². The topological polar surface area (TPSA) is 52.9 Å². The molecule has 3 nitrogen and oxygen atoms in total. The van der Waals surface area contributed by atoms with E-state index in [1.165, 1.54) is 25.3 Å². The molecule has 0 heterocycles. The Hall–Kier alpha value is -1.04. The van der Waals surface area contributed by atoms with Gasteiger partial charge in [0.15, 0.2) is 6.07 Å². The van der Waals surface area contributed by atoms with Crippen molar-refractivity contribution in [1.82, 2.24) is 5.32 Å². The highest BCUT2D eigenvalue weighted by molar-refractivity contribution is 5.91. The third-order valence-electron chi connectivity index (χ3n) is 1.88. The average molecular weight is 138 g/mol. The van der Waals surface area contributed by atoms with Crippen molar-refractivity contribution in [3.63, 3.8) is 0 Å². The summed E-state index contributed by atoms with van der Waals surface area (Å²) in [6.07, 6.45) is 3.67. The molecule has 1 aliphatic rings. The van der Waals surface area contributed by atoms with Crippen molar-refractivity contribution in [2.45, 2.75) is 19.3 Å². The summed E-state index contributed by atoms with van der Waals surface area (Å²) < 4.78 is 0. The normalized spacial score (nSPS) is 17.1. The first kappa shape index (κ1) is 7.07. The van der Waals surface area contributed by atoms with Crippen LogP contribution in [-0.2, 0) is 4.79 Å². The third kappa shape index (κ3) is 1.73.